The van der Waals surface area contributed by atoms with Crippen LogP contribution in [0.5, 0.6) is 0 Å². The first-order chi connectivity index (χ1) is 14.2. The Labute approximate surface area is 178 Å². The van der Waals surface area contributed by atoms with E-state index < -0.39 is 0 Å². The van der Waals surface area contributed by atoms with Crippen molar-refractivity contribution in [2.45, 2.75) is 102 Å². The van der Waals surface area contributed by atoms with Gasteiger partial charge in [-0.05, 0) is 75.7 Å². The van der Waals surface area contributed by atoms with Gasteiger partial charge < -0.3 is 15.4 Å². The Bertz CT molecular complexity index is 515. The van der Waals surface area contributed by atoms with Crippen molar-refractivity contribution in [1.82, 2.24) is 10.6 Å². The summed E-state index contributed by atoms with van der Waals surface area (Å²) >= 11 is 0. The molecule has 0 aromatic heterocycles. The molecule has 0 saturated heterocycles. The largest absolute Gasteiger partial charge is 0.368 e. The second kappa shape index (κ2) is 10.6. The number of nitrogens with one attached hydrogen (secondary N) is 2. The fourth-order valence-corrected chi connectivity index (χ4v) is 6.83. The molecule has 4 nitrogen and oxygen atoms in total. The number of ether oxygens (including phenoxy) is 1. The monoisotopic (exact) mass is 404 g/mol. The summed E-state index contributed by atoms with van der Waals surface area (Å²) in [5, 5.41) is 6.63. The number of hydrogen-bond acceptors (Lipinski definition) is 3. The third-order valence-corrected chi connectivity index (χ3v) is 8.51. The Morgan fingerprint density at radius 1 is 0.862 bits per heavy atom. The van der Waals surface area contributed by atoms with Crippen molar-refractivity contribution < 1.29 is 9.53 Å². The number of rotatable bonds is 9. The summed E-state index contributed by atoms with van der Waals surface area (Å²) in [6, 6.07) is 0.425. The van der Waals surface area contributed by atoms with Gasteiger partial charge in [-0.25, -0.2) is 0 Å². The van der Waals surface area contributed by atoms with E-state index >= 15 is 0 Å². The fraction of sp³-hybridized carbons (Fsp3) is 0.960. The minimum absolute atomic E-state index is 0.104. The Balaban J connectivity index is 1.43. The lowest BCUT2D eigenvalue weighted by atomic mass is 9.63. The molecule has 4 aliphatic carbocycles. The van der Waals surface area contributed by atoms with E-state index in [1.165, 1.54) is 77.0 Å². The number of amides is 1. The van der Waals surface area contributed by atoms with Gasteiger partial charge in [0.05, 0.1) is 6.10 Å². The summed E-state index contributed by atoms with van der Waals surface area (Å²) in [6.07, 6.45) is 19.2. The highest BCUT2D eigenvalue weighted by Crippen LogP contribution is 2.47. The van der Waals surface area contributed by atoms with Crippen molar-refractivity contribution >= 4 is 5.91 Å². The van der Waals surface area contributed by atoms with Crippen molar-refractivity contribution in [2.75, 3.05) is 20.2 Å². The highest BCUT2D eigenvalue weighted by Gasteiger charge is 2.41. The first kappa shape index (κ1) is 21.6. The van der Waals surface area contributed by atoms with E-state index in [-0.39, 0.29) is 18.6 Å². The lowest BCUT2D eigenvalue weighted by Gasteiger charge is -2.45. The minimum atomic E-state index is 0.104. The van der Waals surface area contributed by atoms with Gasteiger partial charge in [-0.2, -0.15) is 0 Å². The quantitative estimate of drug-likeness (QED) is 0.587. The van der Waals surface area contributed by atoms with Gasteiger partial charge in [-0.1, -0.05) is 44.9 Å². The van der Waals surface area contributed by atoms with E-state index in [0.717, 1.165) is 37.1 Å². The van der Waals surface area contributed by atoms with Gasteiger partial charge in [0.25, 0.3) is 0 Å². The van der Waals surface area contributed by atoms with Gasteiger partial charge in [-0.3, -0.25) is 4.79 Å². The van der Waals surface area contributed by atoms with Crippen LogP contribution in [0.4, 0.5) is 0 Å². The zero-order valence-electron chi connectivity index (χ0n) is 18.7. The molecule has 1 amide bonds. The van der Waals surface area contributed by atoms with E-state index in [0.29, 0.717) is 17.9 Å². The summed E-state index contributed by atoms with van der Waals surface area (Å²) in [7, 11) is 2.09. The lowest BCUT2D eigenvalue weighted by molar-refractivity contribution is -0.133. The first-order valence-corrected chi connectivity index (χ1v) is 12.8. The van der Waals surface area contributed by atoms with Crippen molar-refractivity contribution in [1.29, 1.82) is 0 Å². The summed E-state index contributed by atoms with van der Waals surface area (Å²) in [4.78, 5) is 12.4. The van der Waals surface area contributed by atoms with E-state index in [1.807, 2.05) is 0 Å². The van der Waals surface area contributed by atoms with E-state index in [2.05, 4.69) is 17.7 Å². The van der Waals surface area contributed by atoms with Crippen LogP contribution in [0.3, 0.4) is 0 Å². The van der Waals surface area contributed by atoms with Gasteiger partial charge in [-0.15, -0.1) is 0 Å². The molecule has 0 aliphatic heterocycles. The molecule has 4 aliphatic rings. The highest BCUT2D eigenvalue weighted by molar-refractivity contribution is 5.77. The molecule has 0 radical (unpaired) electrons. The molecule has 0 aromatic rings. The average Bonchev–Trinajstić information content (AvgIpc) is 3.57. The number of hydrogen-bond donors (Lipinski definition) is 2. The number of carbonyl (C=O) groups is 1. The lowest BCUT2D eigenvalue weighted by Crippen LogP contribution is -2.46. The van der Waals surface area contributed by atoms with Crippen molar-refractivity contribution in [3.63, 3.8) is 0 Å². The molecule has 4 rings (SSSR count). The zero-order valence-corrected chi connectivity index (χ0v) is 18.7. The van der Waals surface area contributed by atoms with Crippen LogP contribution >= 0.6 is 0 Å². The smallest absolute Gasteiger partial charge is 0.246 e. The van der Waals surface area contributed by atoms with Gasteiger partial charge in [0.1, 0.15) is 6.61 Å². The zero-order chi connectivity index (χ0) is 20.1. The molecule has 4 saturated carbocycles. The Morgan fingerprint density at radius 3 is 2.31 bits per heavy atom. The van der Waals surface area contributed by atoms with E-state index in [9.17, 15) is 4.79 Å². The molecule has 4 fully saturated rings. The van der Waals surface area contributed by atoms with Crippen LogP contribution < -0.4 is 10.6 Å². The Kier molecular flexibility index (Phi) is 7.91. The second-order valence-electron chi connectivity index (χ2n) is 10.6. The molecule has 0 heterocycles. The standard InChI is InChI=1S/C25H44N2O2/c1-26-16-23(21-12-11-18-7-5-6-10-20(18)15-21)25(19-8-3-2-4-9-19)29-17-24(28)27-22-13-14-22/h18-23,25-26H,2-17H2,1H3,(H,27,28)/t18?,20?,21?,23-,25-/m1/s1. The molecular formula is C25H44N2O2. The van der Waals surface area contributed by atoms with Gasteiger partial charge in [0, 0.05) is 18.5 Å². The normalized spacial score (nSPS) is 32.9. The van der Waals surface area contributed by atoms with Crippen molar-refractivity contribution in [3.05, 3.63) is 0 Å². The van der Waals surface area contributed by atoms with Crippen LogP contribution in [0.25, 0.3) is 0 Å². The van der Waals surface area contributed by atoms with Gasteiger partial charge >= 0.3 is 0 Å². The van der Waals surface area contributed by atoms with Crippen LogP contribution in [0.1, 0.15) is 89.9 Å². The Hall–Kier alpha value is -0.610. The molecule has 29 heavy (non-hydrogen) atoms. The van der Waals surface area contributed by atoms with Crippen LogP contribution in [0.15, 0.2) is 0 Å². The molecule has 3 unspecified atom stereocenters. The third-order valence-electron chi connectivity index (χ3n) is 8.51. The van der Waals surface area contributed by atoms with Crippen LogP contribution in [-0.4, -0.2) is 38.3 Å². The van der Waals surface area contributed by atoms with E-state index in [1.54, 1.807) is 0 Å². The topological polar surface area (TPSA) is 50.4 Å². The first-order valence-electron chi connectivity index (χ1n) is 12.8. The van der Waals surface area contributed by atoms with Crippen molar-refractivity contribution in [3.8, 4) is 0 Å². The highest BCUT2D eigenvalue weighted by atomic mass is 16.5. The van der Waals surface area contributed by atoms with Crippen LogP contribution in [-0.2, 0) is 9.53 Å². The molecule has 166 valence electrons. The fourth-order valence-electron chi connectivity index (χ4n) is 6.83. The van der Waals surface area contributed by atoms with Crippen LogP contribution in [0, 0.1) is 29.6 Å². The predicted octanol–water partition coefficient (Wildman–Crippen LogP) is 4.67. The molecule has 0 spiro atoms. The third kappa shape index (κ3) is 5.97. The summed E-state index contributed by atoms with van der Waals surface area (Å²) in [6.45, 7) is 1.30. The molecule has 5 atom stereocenters. The van der Waals surface area contributed by atoms with Gasteiger partial charge in [0.15, 0.2) is 0 Å². The van der Waals surface area contributed by atoms with Crippen molar-refractivity contribution in [2.24, 2.45) is 29.6 Å². The molecule has 0 bridgehead atoms. The van der Waals surface area contributed by atoms with Gasteiger partial charge in [0.2, 0.25) is 5.91 Å². The minimum Gasteiger partial charge on any atom is -0.368 e. The summed E-state index contributed by atoms with van der Waals surface area (Å²) < 4.78 is 6.52. The number of fused-ring (bicyclic) bond motifs is 1. The van der Waals surface area contributed by atoms with E-state index in [4.69, 9.17) is 4.74 Å². The second-order valence-corrected chi connectivity index (χ2v) is 10.6. The number of carbonyl (C=O) groups excluding carboxylic acids is 1. The molecule has 0 aromatic carbocycles. The molecular weight excluding hydrogens is 360 g/mol. The maximum atomic E-state index is 12.4. The maximum Gasteiger partial charge on any atom is 0.246 e. The predicted molar refractivity (Wildman–Crippen MR) is 118 cm³/mol. The SMILES string of the molecule is CNC[C@H](C1CCC2CCCCC2C1)[C@H](OCC(=O)NC1CC1)C1CCCCC1. The Morgan fingerprint density at radius 2 is 1.59 bits per heavy atom. The summed E-state index contributed by atoms with van der Waals surface area (Å²) in [5.74, 6) is 4.01. The molecule has 2 N–H and O–H groups in total. The maximum absolute atomic E-state index is 12.4. The van der Waals surface area contributed by atoms with Crippen LogP contribution in [0.2, 0.25) is 0 Å². The summed E-state index contributed by atoms with van der Waals surface area (Å²) in [5.41, 5.74) is 0. The average molecular weight is 405 g/mol. The molecule has 4 heteroatoms.